The predicted octanol–water partition coefficient (Wildman–Crippen LogP) is 5.91. The molecule has 2 atom stereocenters. The third-order valence-electron chi connectivity index (χ3n) is 11.4. The van der Waals surface area contributed by atoms with Crippen LogP contribution < -0.4 is 30.9 Å². The second kappa shape index (κ2) is 18.1. The molecule has 2 aliphatic carbocycles. The maximum absolute atomic E-state index is 15.0. The molecule has 2 unspecified atom stereocenters. The van der Waals surface area contributed by atoms with Crippen LogP contribution in [0.3, 0.4) is 0 Å². The number of Topliss-reactive ketones (excluding diaryl/α,β-unsaturated/α-hetero) is 1. The Balaban J connectivity index is 0.773. The standard InChI is InChI=1S/C43H47FN8O6S/c1-57-35-23-27(9-11-34(35)48-42(56)37-13-12-36(59-37)26-5-2-3-6-26)47-40-32(44)25-46-43(50-40)52-18-16-51(17-19-52)20-22-58-21-15-45-33-8-4-7-28-30(33)24-31(39(28)54)29-10-14-38(53)49-41(29)55/h4-5,7-9,11-13,23,25,29,31,45H,2-3,6,10,14-22,24H2,1H3,(H,48,56)(H,46,47,50)(H,49,53,55). The highest BCUT2D eigenvalue weighted by Gasteiger charge is 2.42. The van der Waals surface area contributed by atoms with Crippen molar-refractivity contribution in [1.82, 2.24) is 20.2 Å². The number of amides is 3. The second-order valence-electron chi connectivity index (χ2n) is 15.1. The van der Waals surface area contributed by atoms with Gasteiger partial charge in [0, 0.05) is 85.4 Å². The topological polar surface area (TPSA) is 167 Å². The number of ether oxygens (including phenoxy) is 2. The van der Waals surface area contributed by atoms with Crippen molar-refractivity contribution in [3.8, 4) is 5.75 Å². The molecule has 0 spiro atoms. The van der Waals surface area contributed by atoms with Gasteiger partial charge in [-0.05, 0) is 73.6 Å². The molecule has 3 amide bonds. The monoisotopic (exact) mass is 822 g/mol. The number of ketones is 1. The Morgan fingerprint density at radius 2 is 1.88 bits per heavy atom. The Labute approximate surface area is 345 Å². The lowest BCUT2D eigenvalue weighted by Gasteiger charge is -2.34. The Morgan fingerprint density at radius 3 is 2.68 bits per heavy atom. The van der Waals surface area contributed by atoms with Crippen LogP contribution in [0.2, 0.25) is 0 Å². The van der Waals surface area contributed by atoms with Crippen LogP contribution in [0.5, 0.6) is 5.75 Å². The Bertz CT molecular complexity index is 2270. The van der Waals surface area contributed by atoms with E-state index in [1.54, 1.807) is 24.3 Å². The van der Waals surface area contributed by atoms with E-state index in [0.29, 0.717) is 79.2 Å². The van der Waals surface area contributed by atoms with E-state index in [-0.39, 0.29) is 35.7 Å². The number of allylic oxidation sites excluding steroid dienone is 2. The second-order valence-corrected chi connectivity index (χ2v) is 16.2. The molecule has 4 N–H and O–H groups in total. The van der Waals surface area contributed by atoms with Crippen LogP contribution in [0.15, 0.2) is 60.8 Å². The molecule has 2 aromatic carbocycles. The molecule has 14 nitrogen and oxygen atoms in total. The fraction of sp³-hybridized carbons (Fsp3) is 0.395. The highest BCUT2D eigenvalue weighted by Crippen LogP contribution is 2.39. The van der Waals surface area contributed by atoms with Crippen molar-refractivity contribution in [3.05, 3.63) is 87.5 Å². The van der Waals surface area contributed by atoms with Gasteiger partial charge < -0.3 is 30.3 Å². The molecular formula is C43H47FN8O6S. The Morgan fingerprint density at radius 1 is 1.02 bits per heavy atom. The summed E-state index contributed by atoms with van der Waals surface area (Å²) in [5.74, 6) is -1.55. The first kappa shape index (κ1) is 40.1. The average Bonchev–Trinajstić information content (AvgIpc) is 4.03. The van der Waals surface area contributed by atoms with Gasteiger partial charge in [-0.2, -0.15) is 4.98 Å². The number of thiophene rings is 1. The van der Waals surface area contributed by atoms with E-state index >= 15 is 0 Å². The van der Waals surface area contributed by atoms with E-state index in [0.717, 1.165) is 55.0 Å². The van der Waals surface area contributed by atoms with Crippen molar-refractivity contribution in [2.45, 2.75) is 38.5 Å². The largest absolute Gasteiger partial charge is 0.494 e. The summed E-state index contributed by atoms with van der Waals surface area (Å²) >= 11 is 1.48. The number of benzene rings is 2. The lowest BCUT2D eigenvalue weighted by molar-refractivity contribution is -0.137. The number of hydrogen-bond donors (Lipinski definition) is 4. The van der Waals surface area contributed by atoms with Crippen LogP contribution in [-0.4, -0.2) is 98.0 Å². The van der Waals surface area contributed by atoms with Gasteiger partial charge in [-0.1, -0.05) is 18.2 Å². The van der Waals surface area contributed by atoms with Gasteiger partial charge in [0.25, 0.3) is 5.91 Å². The number of anilines is 5. The first-order valence-corrected chi connectivity index (χ1v) is 20.9. The number of fused-ring (bicyclic) bond motifs is 1. The van der Waals surface area contributed by atoms with Gasteiger partial charge in [0.05, 0.1) is 37.1 Å². The van der Waals surface area contributed by atoms with Crippen LogP contribution in [0.4, 0.5) is 33.2 Å². The lowest BCUT2D eigenvalue weighted by Crippen LogP contribution is -2.48. The summed E-state index contributed by atoms with van der Waals surface area (Å²) in [7, 11) is 1.52. The molecule has 0 radical (unpaired) electrons. The number of piperidine rings is 1. The van der Waals surface area contributed by atoms with Gasteiger partial charge >= 0.3 is 0 Å². The van der Waals surface area contributed by atoms with Crippen LogP contribution in [0.1, 0.15) is 62.6 Å². The van der Waals surface area contributed by atoms with E-state index in [1.807, 2.05) is 29.2 Å². The van der Waals surface area contributed by atoms with E-state index in [1.165, 1.54) is 30.2 Å². The number of piperazine rings is 1. The lowest BCUT2D eigenvalue weighted by atomic mass is 9.83. The third kappa shape index (κ3) is 9.14. The highest BCUT2D eigenvalue weighted by atomic mass is 32.1. The fourth-order valence-electron chi connectivity index (χ4n) is 8.18. The third-order valence-corrected chi connectivity index (χ3v) is 12.5. The molecule has 4 aliphatic rings. The summed E-state index contributed by atoms with van der Waals surface area (Å²) in [5.41, 5.74) is 4.75. The number of carbonyl (C=O) groups is 4. The maximum atomic E-state index is 15.0. The number of imide groups is 1. The van der Waals surface area contributed by atoms with E-state index < -0.39 is 17.7 Å². The van der Waals surface area contributed by atoms with Crippen LogP contribution in [0.25, 0.3) is 5.57 Å². The van der Waals surface area contributed by atoms with Crippen LogP contribution in [0, 0.1) is 17.7 Å². The smallest absolute Gasteiger partial charge is 0.265 e. The minimum absolute atomic E-state index is 0.0341. The molecule has 2 aromatic heterocycles. The van der Waals surface area contributed by atoms with E-state index in [2.05, 4.69) is 42.2 Å². The van der Waals surface area contributed by atoms with Gasteiger partial charge in [-0.15, -0.1) is 11.3 Å². The predicted molar refractivity (Wildman–Crippen MR) is 224 cm³/mol. The molecule has 4 heterocycles. The number of halogens is 1. The number of nitrogens with zero attached hydrogens (tertiary/aromatic N) is 4. The number of rotatable bonds is 15. The summed E-state index contributed by atoms with van der Waals surface area (Å²) in [4.78, 5) is 65.2. The summed E-state index contributed by atoms with van der Waals surface area (Å²) in [6.45, 7) is 5.18. The van der Waals surface area contributed by atoms with Crippen molar-refractivity contribution < 1.29 is 33.0 Å². The number of carbonyl (C=O) groups excluding carboxylic acids is 4. The van der Waals surface area contributed by atoms with Gasteiger partial charge in [0.15, 0.2) is 17.4 Å². The van der Waals surface area contributed by atoms with Crippen LogP contribution >= 0.6 is 11.3 Å². The molecule has 59 heavy (non-hydrogen) atoms. The van der Waals surface area contributed by atoms with Crippen molar-refractivity contribution in [1.29, 1.82) is 0 Å². The normalized spacial score (nSPS) is 19.3. The minimum Gasteiger partial charge on any atom is -0.494 e. The van der Waals surface area contributed by atoms with Gasteiger partial charge in [0.2, 0.25) is 17.8 Å². The molecule has 0 bridgehead atoms. The van der Waals surface area contributed by atoms with Gasteiger partial charge in [-0.25, -0.2) is 9.37 Å². The summed E-state index contributed by atoms with van der Waals surface area (Å²) in [6.07, 6.45) is 7.79. The molecule has 2 aliphatic heterocycles. The number of nitrogens with one attached hydrogen (secondary N) is 4. The van der Waals surface area contributed by atoms with Gasteiger partial charge in [-0.3, -0.25) is 29.4 Å². The summed E-state index contributed by atoms with van der Waals surface area (Å²) in [6, 6.07) is 14.6. The van der Waals surface area contributed by atoms with Crippen LogP contribution in [-0.2, 0) is 20.7 Å². The van der Waals surface area contributed by atoms with E-state index in [4.69, 9.17) is 9.47 Å². The first-order valence-electron chi connectivity index (χ1n) is 20.1. The highest BCUT2D eigenvalue weighted by molar-refractivity contribution is 7.15. The molecule has 16 heteroatoms. The van der Waals surface area contributed by atoms with Crippen molar-refractivity contribution in [2.24, 2.45) is 11.8 Å². The van der Waals surface area contributed by atoms with E-state index in [9.17, 15) is 23.6 Å². The van der Waals surface area contributed by atoms with Crippen molar-refractivity contribution >= 4 is 69.2 Å². The number of methoxy groups -OCH3 is 1. The molecule has 4 aromatic rings. The zero-order valence-electron chi connectivity index (χ0n) is 32.9. The molecular weight excluding hydrogens is 776 g/mol. The average molecular weight is 823 g/mol. The van der Waals surface area contributed by atoms with Crippen molar-refractivity contribution in [2.75, 3.05) is 80.4 Å². The maximum Gasteiger partial charge on any atom is 0.265 e. The first-order chi connectivity index (χ1) is 28.7. The quantitative estimate of drug-likeness (QED) is 0.0829. The SMILES string of the molecule is COc1cc(Nc2nc(N3CCN(CCOCCNc4cccc5c4CC(C4CCC(=O)NC4=O)C5=O)CC3)ncc2F)ccc1NC(=O)c1ccc(C2=CCCC2)s1. The zero-order valence-corrected chi connectivity index (χ0v) is 33.7. The molecule has 2 fully saturated rings. The fourth-order valence-corrected chi connectivity index (χ4v) is 9.15. The number of aromatic nitrogens is 2. The molecule has 8 rings (SSSR count). The Hall–Kier alpha value is -5.71. The minimum atomic E-state index is -0.595. The zero-order chi connectivity index (χ0) is 40.9. The molecule has 2 saturated heterocycles. The Kier molecular flexibility index (Phi) is 12.3. The summed E-state index contributed by atoms with van der Waals surface area (Å²) in [5, 5.41) is 11.8. The number of hydrogen-bond acceptors (Lipinski definition) is 13. The van der Waals surface area contributed by atoms with Crippen molar-refractivity contribution in [3.63, 3.8) is 0 Å². The molecule has 0 saturated carbocycles. The summed E-state index contributed by atoms with van der Waals surface area (Å²) < 4.78 is 26.5. The molecule has 308 valence electrons. The van der Waals surface area contributed by atoms with Gasteiger partial charge in [0.1, 0.15) is 5.75 Å².